The summed E-state index contributed by atoms with van der Waals surface area (Å²) in [6, 6.07) is 6.67. The maximum atomic E-state index is 12.6. The Morgan fingerprint density at radius 1 is 1.20 bits per heavy atom. The van der Waals surface area contributed by atoms with E-state index in [1.165, 1.54) is 13.0 Å². The molecule has 0 radical (unpaired) electrons. The van der Waals surface area contributed by atoms with Gasteiger partial charge in [-0.3, -0.25) is 0 Å². The molecular formula is C15H15F3O2. The third-order valence-corrected chi connectivity index (χ3v) is 3.19. The first-order valence-electron chi connectivity index (χ1n) is 6.27. The number of halogens is 3. The molecule has 0 fully saturated rings. The average Bonchev–Trinajstić information content (AvgIpc) is 2.85. The molecule has 1 N–H and O–H groups in total. The van der Waals surface area contributed by atoms with Gasteiger partial charge in [-0.1, -0.05) is 13.0 Å². The Labute approximate surface area is 114 Å². The second-order valence-electron chi connectivity index (χ2n) is 4.63. The molecule has 2 rings (SSSR count). The van der Waals surface area contributed by atoms with Crippen LogP contribution in [0.5, 0.6) is 0 Å². The molecule has 0 amide bonds. The zero-order chi connectivity index (χ0) is 14.9. The quantitative estimate of drug-likeness (QED) is 0.914. The van der Waals surface area contributed by atoms with E-state index in [0.29, 0.717) is 23.3 Å². The molecule has 108 valence electrons. The van der Waals surface area contributed by atoms with E-state index < -0.39 is 17.8 Å². The highest BCUT2D eigenvalue weighted by molar-refractivity contribution is 5.36. The van der Waals surface area contributed by atoms with Gasteiger partial charge in [-0.15, -0.1) is 0 Å². The van der Waals surface area contributed by atoms with Crippen molar-refractivity contribution < 1.29 is 22.7 Å². The highest BCUT2D eigenvalue weighted by Gasteiger charge is 2.31. The Hall–Kier alpha value is -1.75. The number of benzene rings is 1. The maximum absolute atomic E-state index is 12.6. The number of furan rings is 1. The Bertz CT molecular complexity index is 599. The van der Waals surface area contributed by atoms with E-state index in [0.717, 1.165) is 17.9 Å². The first-order chi connectivity index (χ1) is 9.32. The lowest BCUT2D eigenvalue weighted by Crippen LogP contribution is -2.07. The molecule has 0 aliphatic carbocycles. The van der Waals surface area contributed by atoms with Crippen molar-refractivity contribution in [1.29, 1.82) is 0 Å². The second-order valence-corrected chi connectivity index (χ2v) is 4.63. The highest BCUT2D eigenvalue weighted by Crippen LogP contribution is 2.33. The van der Waals surface area contributed by atoms with Gasteiger partial charge in [0.05, 0.1) is 5.56 Å². The van der Waals surface area contributed by atoms with E-state index in [-0.39, 0.29) is 0 Å². The van der Waals surface area contributed by atoms with E-state index in [1.54, 1.807) is 12.1 Å². The van der Waals surface area contributed by atoms with Gasteiger partial charge in [-0.05, 0) is 42.3 Å². The third-order valence-electron chi connectivity index (χ3n) is 3.19. The minimum atomic E-state index is -4.38. The summed E-state index contributed by atoms with van der Waals surface area (Å²) in [5.41, 5.74) is 0.0661. The summed E-state index contributed by atoms with van der Waals surface area (Å²) in [5.74, 6) is 1.06. The number of hydrogen-bond acceptors (Lipinski definition) is 2. The molecule has 2 aromatic rings. The molecule has 1 aromatic heterocycles. The van der Waals surface area contributed by atoms with Crippen molar-refractivity contribution in [1.82, 2.24) is 0 Å². The number of alkyl halides is 3. The van der Waals surface area contributed by atoms with Gasteiger partial charge in [-0.2, -0.15) is 13.2 Å². The van der Waals surface area contributed by atoms with Gasteiger partial charge in [0.1, 0.15) is 17.6 Å². The monoisotopic (exact) mass is 284 g/mol. The van der Waals surface area contributed by atoms with Crippen LogP contribution in [0.15, 0.2) is 34.7 Å². The normalized spacial score (nSPS) is 13.5. The largest absolute Gasteiger partial charge is 0.463 e. The summed E-state index contributed by atoms with van der Waals surface area (Å²) >= 11 is 0. The maximum Gasteiger partial charge on any atom is 0.416 e. The van der Waals surface area contributed by atoms with Crippen molar-refractivity contribution >= 4 is 0 Å². The summed E-state index contributed by atoms with van der Waals surface area (Å²) in [6.45, 7) is 3.45. The van der Waals surface area contributed by atoms with Gasteiger partial charge in [0.15, 0.2) is 0 Å². The first-order valence-corrected chi connectivity index (χ1v) is 6.27. The van der Waals surface area contributed by atoms with Crippen LogP contribution in [0.2, 0.25) is 0 Å². The average molecular weight is 284 g/mol. The van der Waals surface area contributed by atoms with Gasteiger partial charge < -0.3 is 9.52 Å². The molecule has 0 spiro atoms. The van der Waals surface area contributed by atoms with Gasteiger partial charge in [0, 0.05) is 6.42 Å². The van der Waals surface area contributed by atoms with E-state index in [4.69, 9.17) is 4.42 Å². The van der Waals surface area contributed by atoms with Gasteiger partial charge >= 0.3 is 6.18 Å². The summed E-state index contributed by atoms with van der Waals surface area (Å²) in [7, 11) is 0. The smallest absolute Gasteiger partial charge is 0.416 e. The van der Waals surface area contributed by atoms with Crippen LogP contribution in [0, 0.1) is 6.92 Å². The molecule has 1 aromatic carbocycles. The molecule has 5 heteroatoms. The minimum absolute atomic E-state index is 0.338. The third kappa shape index (κ3) is 2.88. The van der Waals surface area contributed by atoms with Crippen molar-refractivity contribution in [2.45, 2.75) is 32.5 Å². The topological polar surface area (TPSA) is 33.4 Å². The zero-order valence-corrected chi connectivity index (χ0v) is 11.2. The van der Waals surface area contributed by atoms with Crippen molar-refractivity contribution in [3.05, 3.63) is 58.5 Å². The van der Waals surface area contributed by atoms with E-state index >= 15 is 0 Å². The molecule has 0 bridgehead atoms. The molecule has 1 unspecified atom stereocenters. The number of aryl methyl sites for hydroxylation is 2. The predicted molar refractivity (Wildman–Crippen MR) is 68.3 cm³/mol. The van der Waals surface area contributed by atoms with Gasteiger partial charge in [0.2, 0.25) is 0 Å². The Morgan fingerprint density at radius 2 is 1.90 bits per heavy atom. The molecule has 0 aliphatic heterocycles. The fraction of sp³-hybridized carbons (Fsp3) is 0.333. The molecule has 1 heterocycles. The molecule has 0 saturated heterocycles. The van der Waals surface area contributed by atoms with Crippen LogP contribution in [-0.2, 0) is 12.6 Å². The van der Waals surface area contributed by atoms with Crippen LogP contribution in [0.25, 0.3) is 0 Å². The van der Waals surface area contributed by atoms with Crippen molar-refractivity contribution in [3.8, 4) is 0 Å². The van der Waals surface area contributed by atoms with E-state index in [2.05, 4.69) is 0 Å². The molecule has 20 heavy (non-hydrogen) atoms. The fourth-order valence-electron chi connectivity index (χ4n) is 2.04. The van der Waals surface area contributed by atoms with E-state index in [1.807, 2.05) is 6.92 Å². The minimum Gasteiger partial charge on any atom is -0.463 e. The number of aliphatic hydroxyl groups is 1. The molecule has 0 aliphatic rings. The lowest BCUT2D eigenvalue weighted by Gasteiger charge is -2.14. The van der Waals surface area contributed by atoms with Gasteiger partial charge in [0.25, 0.3) is 0 Å². The Morgan fingerprint density at radius 3 is 2.40 bits per heavy atom. The van der Waals surface area contributed by atoms with Crippen molar-refractivity contribution in [3.63, 3.8) is 0 Å². The number of hydrogen-bond donors (Lipinski definition) is 1. The van der Waals surface area contributed by atoms with Crippen LogP contribution >= 0.6 is 0 Å². The fourth-order valence-corrected chi connectivity index (χ4v) is 2.04. The summed E-state index contributed by atoms with van der Waals surface area (Å²) in [6.07, 6.45) is -4.75. The standard InChI is InChI=1S/C15H15F3O2/c1-3-11-5-7-13(20-11)14(19)12-6-4-10(8-9(12)2)15(16,17)18/h4-8,14,19H,3H2,1-2H3. The van der Waals surface area contributed by atoms with E-state index in [9.17, 15) is 18.3 Å². The van der Waals surface area contributed by atoms with Crippen molar-refractivity contribution in [2.75, 3.05) is 0 Å². The number of rotatable bonds is 3. The highest BCUT2D eigenvalue weighted by atomic mass is 19.4. The molecule has 2 nitrogen and oxygen atoms in total. The van der Waals surface area contributed by atoms with Crippen molar-refractivity contribution in [2.24, 2.45) is 0 Å². The second kappa shape index (κ2) is 5.32. The molecule has 0 saturated carbocycles. The van der Waals surface area contributed by atoms with Crippen LogP contribution in [0.4, 0.5) is 13.2 Å². The van der Waals surface area contributed by atoms with Crippen LogP contribution < -0.4 is 0 Å². The van der Waals surface area contributed by atoms with Crippen LogP contribution in [0.3, 0.4) is 0 Å². The summed E-state index contributed by atoms with van der Waals surface area (Å²) in [4.78, 5) is 0. The lowest BCUT2D eigenvalue weighted by atomic mass is 9.99. The Balaban J connectivity index is 2.33. The van der Waals surface area contributed by atoms with Gasteiger partial charge in [-0.25, -0.2) is 0 Å². The summed E-state index contributed by atoms with van der Waals surface area (Å²) < 4.78 is 43.2. The molecular weight excluding hydrogens is 269 g/mol. The molecule has 1 atom stereocenters. The Kier molecular flexibility index (Phi) is 3.90. The van der Waals surface area contributed by atoms with Crippen LogP contribution in [-0.4, -0.2) is 5.11 Å². The summed E-state index contributed by atoms with van der Waals surface area (Å²) in [5, 5.41) is 10.2. The predicted octanol–water partition coefficient (Wildman–Crippen LogP) is 4.25. The number of aliphatic hydroxyl groups excluding tert-OH is 1. The first kappa shape index (κ1) is 14.7. The van der Waals surface area contributed by atoms with Crippen LogP contribution in [0.1, 0.15) is 41.2 Å². The lowest BCUT2D eigenvalue weighted by molar-refractivity contribution is -0.137. The SMILES string of the molecule is CCc1ccc(C(O)c2ccc(C(F)(F)F)cc2C)o1. The zero-order valence-electron chi connectivity index (χ0n) is 11.2.